The van der Waals surface area contributed by atoms with E-state index >= 15 is 0 Å². The molecule has 112 valence electrons. The Balaban J connectivity index is 1.95. The molecule has 7 heteroatoms. The molecular weight excluding hydrogens is 298 g/mol. The number of nitrogens with one attached hydrogen (secondary N) is 1. The van der Waals surface area contributed by atoms with E-state index in [0.29, 0.717) is 5.16 Å². The number of carbonyl (C=O) groups is 1. The van der Waals surface area contributed by atoms with Crippen molar-refractivity contribution in [2.24, 2.45) is 0 Å². The van der Waals surface area contributed by atoms with Gasteiger partial charge >= 0.3 is 0 Å². The number of anilines is 2. The van der Waals surface area contributed by atoms with Crippen molar-refractivity contribution >= 4 is 29.2 Å². The molecule has 1 aromatic carbocycles. The first-order valence-corrected chi connectivity index (χ1v) is 7.50. The van der Waals surface area contributed by atoms with Gasteiger partial charge in [-0.05, 0) is 37.1 Å². The Morgan fingerprint density at radius 1 is 1.36 bits per heavy atom. The molecule has 0 bridgehead atoms. The summed E-state index contributed by atoms with van der Waals surface area (Å²) in [7, 11) is 0. The van der Waals surface area contributed by atoms with Crippen LogP contribution < -0.4 is 11.1 Å². The number of nitrogens with zero attached hydrogens (tertiary/aromatic N) is 3. The molecule has 0 aliphatic heterocycles. The van der Waals surface area contributed by atoms with E-state index in [4.69, 9.17) is 11.0 Å². The summed E-state index contributed by atoms with van der Waals surface area (Å²) >= 11 is 1.17. The standard InChI is InChI=1S/C15H15N5OS/c1-9-3-10(2)5-12(4-9)19-13(21)8-22-15-18-7-11(6-16)14(17)20-15/h3-5,7H,8H2,1-2H3,(H,19,21)(H2,17,18,20). The van der Waals surface area contributed by atoms with Crippen LogP contribution in [0.5, 0.6) is 0 Å². The van der Waals surface area contributed by atoms with Crippen molar-refractivity contribution in [2.75, 3.05) is 16.8 Å². The van der Waals surface area contributed by atoms with E-state index in [1.807, 2.05) is 38.1 Å². The molecule has 0 saturated carbocycles. The van der Waals surface area contributed by atoms with Crippen LogP contribution in [0.25, 0.3) is 0 Å². The highest BCUT2D eigenvalue weighted by molar-refractivity contribution is 7.99. The SMILES string of the molecule is Cc1cc(C)cc(NC(=O)CSc2ncc(C#N)c(N)n2)c1. The van der Waals surface area contributed by atoms with Gasteiger partial charge in [0.25, 0.3) is 0 Å². The maximum absolute atomic E-state index is 11.9. The van der Waals surface area contributed by atoms with Gasteiger partial charge in [0.15, 0.2) is 5.16 Å². The van der Waals surface area contributed by atoms with E-state index < -0.39 is 0 Å². The lowest BCUT2D eigenvalue weighted by Crippen LogP contribution is -2.14. The number of nitrogens with two attached hydrogens (primary N) is 1. The molecule has 0 atom stereocenters. The van der Waals surface area contributed by atoms with Crippen LogP contribution in [-0.4, -0.2) is 21.6 Å². The van der Waals surface area contributed by atoms with E-state index in [2.05, 4.69) is 15.3 Å². The fourth-order valence-electron chi connectivity index (χ4n) is 1.91. The van der Waals surface area contributed by atoms with Crippen molar-refractivity contribution in [1.29, 1.82) is 5.26 Å². The molecule has 1 aromatic heterocycles. The highest BCUT2D eigenvalue weighted by Gasteiger charge is 2.08. The van der Waals surface area contributed by atoms with Crippen molar-refractivity contribution in [3.05, 3.63) is 41.1 Å². The predicted molar refractivity (Wildman–Crippen MR) is 86.4 cm³/mol. The first-order valence-electron chi connectivity index (χ1n) is 6.51. The zero-order valence-electron chi connectivity index (χ0n) is 12.3. The molecule has 0 unspecified atom stereocenters. The largest absolute Gasteiger partial charge is 0.382 e. The number of hydrogen-bond donors (Lipinski definition) is 2. The maximum Gasteiger partial charge on any atom is 0.234 e. The Morgan fingerprint density at radius 2 is 2.05 bits per heavy atom. The molecule has 2 aromatic rings. The summed E-state index contributed by atoms with van der Waals surface area (Å²) in [5.74, 6) is 0.134. The fourth-order valence-corrected chi connectivity index (χ4v) is 2.53. The van der Waals surface area contributed by atoms with Crippen LogP contribution in [0.4, 0.5) is 11.5 Å². The lowest BCUT2D eigenvalue weighted by Gasteiger charge is -2.07. The average molecular weight is 313 g/mol. The number of nitrogen functional groups attached to an aromatic ring is 1. The number of thioether (sulfide) groups is 1. The normalized spacial score (nSPS) is 10.0. The van der Waals surface area contributed by atoms with Crippen LogP contribution in [0, 0.1) is 25.2 Å². The van der Waals surface area contributed by atoms with Gasteiger partial charge < -0.3 is 11.1 Å². The fraction of sp³-hybridized carbons (Fsp3) is 0.200. The Labute approximate surface area is 132 Å². The number of carbonyl (C=O) groups excluding carboxylic acids is 1. The van der Waals surface area contributed by atoms with Gasteiger partial charge in [0.1, 0.15) is 17.5 Å². The monoisotopic (exact) mass is 313 g/mol. The van der Waals surface area contributed by atoms with Crippen LogP contribution in [0.2, 0.25) is 0 Å². The summed E-state index contributed by atoms with van der Waals surface area (Å²) in [6.07, 6.45) is 1.35. The molecule has 0 spiro atoms. The molecule has 22 heavy (non-hydrogen) atoms. The molecule has 6 nitrogen and oxygen atoms in total. The van der Waals surface area contributed by atoms with Gasteiger partial charge in [0.2, 0.25) is 5.91 Å². The van der Waals surface area contributed by atoms with Crippen molar-refractivity contribution in [1.82, 2.24) is 9.97 Å². The van der Waals surface area contributed by atoms with E-state index in [9.17, 15) is 4.79 Å². The summed E-state index contributed by atoms with van der Waals surface area (Å²) < 4.78 is 0. The Morgan fingerprint density at radius 3 is 2.64 bits per heavy atom. The minimum atomic E-state index is -0.151. The smallest absolute Gasteiger partial charge is 0.234 e. The highest BCUT2D eigenvalue weighted by Crippen LogP contribution is 2.17. The van der Waals surface area contributed by atoms with Crippen LogP contribution in [0.15, 0.2) is 29.6 Å². The van der Waals surface area contributed by atoms with Gasteiger partial charge in [-0.1, -0.05) is 17.8 Å². The predicted octanol–water partition coefficient (Wildman–Crippen LogP) is 2.28. The first-order chi connectivity index (χ1) is 10.5. The van der Waals surface area contributed by atoms with E-state index in [1.54, 1.807) is 0 Å². The second-order valence-electron chi connectivity index (χ2n) is 4.78. The number of nitriles is 1. The lowest BCUT2D eigenvalue weighted by atomic mass is 10.1. The topological polar surface area (TPSA) is 105 Å². The van der Waals surface area contributed by atoms with Crippen molar-refractivity contribution in [3.63, 3.8) is 0 Å². The van der Waals surface area contributed by atoms with Crippen LogP contribution in [0.1, 0.15) is 16.7 Å². The van der Waals surface area contributed by atoms with Gasteiger partial charge in [-0.15, -0.1) is 0 Å². The number of rotatable bonds is 4. The Bertz CT molecular complexity index is 734. The summed E-state index contributed by atoms with van der Waals surface area (Å²) in [6, 6.07) is 7.75. The zero-order valence-corrected chi connectivity index (χ0v) is 13.1. The minimum Gasteiger partial charge on any atom is -0.382 e. The summed E-state index contributed by atoms with van der Waals surface area (Å²) in [6.45, 7) is 3.95. The second-order valence-corrected chi connectivity index (χ2v) is 5.72. The number of aromatic nitrogens is 2. The second kappa shape index (κ2) is 6.91. The van der Waals surface area contributed by atoms with Gasteiger partial charge in [-0.25, -0.2) is 9.97 Å². The zero-order chi connectivity index (χ0) is 16.1. The van der Waals surface area contributed by atoms with Crippen LogP contribution >= 0.6 is 11.8 Å². The van der Waals surface area contributed by atoms with Crippen LogP contribution in [0.3, 0.4) is 0 Å². The number of aryl methyl sites for hydroxylation is 2. The molecule has 0 aliphatic rings. The van der Waals surface area contributed by atoms with Crippen molar-refractivity contribution in [2.45, 2.75) is 19.0 Å². The lowest BCUT2D eigenvalue weighted by molar-refractivity contribution is -0.113. The third kappa shape index (κ3) is 4.20. The Hall–Kier alpha value is -2.59. The molecule has 0 fully saturated rings. The molecule has 0 radical (unpaired) electrons. The van der Waals surface area contributed by atoms with Gasteiger partial charge in [-0.3, -0.25) is 4.79 Å². The number of hydrogen-bond acceptors (Lipinski definition) is 6. The quantitative estimate of drug-likeness (QED) is 0.662. The van der Waals surface area contributed by atoms with Gasteiger partial charge in [0.05, 0.1) is 11.9 Å². The molecule has 0 aliphatic carbocycles. The third-order valence-corrected chi connectivity index (χ3v) is 3.62. The highest BCUT2D eigenvalue weighted by atomic mass is 32.2. The molecule has 2 rings (SSSR count). The first kappa shape index (κ1) is 15.8. The average Bonchev–Trinajstić information content (AvgIpc) is 2.44. The molecule has 1 amide bonds. The van der Waals surface area contributed by atoms with E-state index in [0.717, 1.165) is 16.8 Å². The van der Waals surface area contributed by atoms with Crippen molar-refractivity contribution in [3.8, 4) is 6.07 Å². The molecule has 1 heterocycles. The maximum atomic E-state index is 11.9. The Kier molecular flexibility index (Phi) is 4.96. The van der Waals surface area contributed by atoms with E-state index in [1.165, 1.54) is 18.0 Å². The number of amides is 1. The number of benzene rings is 1. The van der Waals surface area contributed by atoms with Gasteiger partial charge in [0, 0.05) is 5.69 Å². The van der Waals surface area contributed by atoms with Crippen LogP contribution in [-0.2, 0) is 4.79 Å². The summed E-state index contributed by atoms with van der Waals surface area (Å²) in [5, 5.41) is 12.0. The molecule has 3 N–H and O–H groups in total. The van der Waals surface area contributed by atoms with Gasteiger partial charge in [-0.2, -0.15) is 5.26 Å². The minimum absolute atomic E-state index is 0.120. The molecular formula is C15H15N5OS. The van der Waals surface area contributed by atoms with E-state index in [-0.39, 0.29) is 23.0 Å². The summed E-state index contributed by atoms with van der Waals surface area (Å²) in [4.78, 5) is 19.9. The third-order valence-electron chi connectivity index (χ3n) is 2.75. The molecule has 0 saturated heterocycles. The van der Waals surface area contributed by atoms with Crippen molar-refractivity contribution < 1.29 is 4.79 Å². The summed E-state index contributed by atoms with van der Waals surface area (Å²) in [5.41, 5.74) is 8.78.